The zero-order valence-electron chi connectivity index (χ0n) is 52.4. The van der Waals surface area contributed by atoms with Crippen LogP contribution in [0.25, 0.3) is 106 Å². The van der Waals surface area contributed by atoms with E-state index in [1.54, 1.807) is 47.0 Å². The number of rotatable bonds is 6. The number of para-hydroxylation sites is 2. The van der Waals surface area contributed by atoms with Gasteiger partial charge in [0, 0.05) is 60.7 Å². The second-order valence-corrected chi connectivity index (χ2v) is 19.5. The molecule has 3 aromatic heterocycles. The van der Waals surface area contributed by atoms with Crippen LogP contribution in [0.3, 0.4) is 0 Å². The minimum absolute atomic E-state index is 0. The Morgan fingerprint density at radius 1 is 0.527 bits per heavy atom. The summed E-state index contributed by atoms with van der Waals surface area (Å²) in [6.07, 6.45) is 5.47. The second kappa shape index (κ2) is 18.1. The Labute approximate surface area is 464 Å². The van der Waals surface area contributed by atoms with Crippen LogP contribution in [0.4, 0.5) is 0 Å². The summed E-state index contributed by atoms with van der Waals surface area (Å²) >= 11 is 0. The molecule has 9 aromatic carbocycles. The Morgan fingerprint density at radius 3 is 1.82 bits per heavy atom. The van der Waals surface area contributed by atoms with Crippen LogP contribution in [0.1, 0.15) is 65.0 Å². The fourth-order valence-electron chi connectivity index (χ4n) is 10.7. The molecule has 362 valence electrons. The van der Waals surface area contributed by atoms with Gasteiger partial charge in [-0.15, -0.1) is 29.7 Å². The van der Waals surface area contributed by atoms with Gasteiger partial charge in [0.1, 0.15) is 5.82 Å². The van der Waals surface area contributed by atoms with Crippen molar-refractivity contribution >= 4 is 32.8 Å². The molecule has 0 spiro atoms. The third kappa shape index (κ3) is 7.64. The first kappa shape index (κ1) is 35.1. The topological polar surface area (TPSA) is 35.9 Å². The number of ether oxygens (including phenoxy) is 1. The van der Waals surface area contributed by atoms with Crippen molar-refractivity contribution < 1.29 is 46.8 Å². The van der Waals surface area contributed by atoms with Gasteiger partial charge in [0.25, 0.3) is 6.33 Å². The maximum Gasteiger partial charge on any atom is 0.268 e. The molecule has 0 saturated heterocycles. The number of fused-ring (bicyclic) bond motifs is 10. The van der Waals surface area contributed by atoms with E-state index in [2.05, 4.69) is 62.0 Å². The standard InChI is InChI=1S/C68H52N4O.Pt/c1-42-18-14-19-43(2)64(42)46-36-59-54-27-11-9-25-52(54)51-24-8-10-26-53(51)57-29-17-30-58(65-44(3)20-15-21-45(65)4)66(57)71-41-70(62(37-46)67(59)71)48-22-16-23-49(39-48)73-50-32-33-56-55-28-12-13-31-60(55)72(61(56)40-50)63-38-47(34-35-69-63)68(5,6)7;/h8-38H,1-7H3;/q-2;/i1D3,2D3,3D3,4D3;. The number of nitrogens with zero attached hydrogens (tertiary/aromatic N) is 4. The van der Waals surface area contributed by atoms with Gasteiger partial charge in [-0.25, -0.2) is 4.98 Å². The summed E-state index contributed by atoms with van der Waals surface area (Å²) < 4.78 is 119. The molecule has 0 saturated carbocycles. The number of hydrogen-bond acceptors (Lipinski definition) is 2. The summed E-state index contributed by atoms with van der Waals surface area (Å²) in [6.45, 7) is -4.58. The summed E-state index contributed by atoms with van der Waals surface area (Å²) in [5, 5.41) is 1.96. The molecule has 0 N–H and O–H groups in total. The number of benzene rings is 9. The monoisotopic (exact) mass is 1150 g/mol. The van der Waals surface area contributed by atoms with Gasteiger partial charge in [0.15, 0.2) is 0 Å². The molecule has 0 radical (unpaired) electrons. The average Bonchev–Trinajstić information content (AvgIpc) is 1.51. The van der Waals surface area contributed by atoms with E-state index in [9.17, 15) is 0 Å². The molecule has 0 bridgehead atoms. The fourth-order valence-corrected chi connectivity index (χ4v) is 10.7. The van der Waals surface area contributed by atoms with Gasteiger partial charge in [-0.05, 0) is 152 Å². The Hall–Kier alpha value is -8.11. The van der Waals surface area contributed by atoms with E-state index in [1.807, 2.05) is 95.7 Å². The van der Waals surface area contributed by atoms with Crippen molar-refractivity contribution in [2.45, 2.75) is 53.6 Å². The third-order valence-corrected chi connectivity index (χ3v) is 14.0. The van der Waals surface area contributed by atoms with Crippen LogP contribution in [0.5, 0.6) is 11.5 Å². The van der Waals surface area contributed by atoms with Crippen LogP contribution < -0.4 is 9.30 Å². The van der Waals surface area contributed by atoms with E-state index in [4.69, 9.17) is 26.2 Å². The second-order valence-electron chi connectivity index (χ2n) is 19.5. The number of imidazole rings is 1. The van der Waals surface area contributed by atoms with Crippen LogP contribution in [0.15, 0.2) is 188 Å². The van der Waals surface area contributed by atoms with Crippen LogP contribution in [-0.4, -0.2) is 14.1 Å². The van der Waals surface area contributed by atoms with Gasteiger partial charge in [-0.1, -0.05) is 154 Å². The van der Waals surface area contributed by atoms with Crippen molar-refractivity contribution in [3.63, 3.8) is 0 Å². The number of pyridine rings is 1. The summed E-state index contributed by atoms with van der Waals surface area (Å²) in [5.41, 5.74) is 8.35. The Bertz CT molecular complexity index is 4630. The van der Waals surface area contributed by atoms with Crippen molar-refractivity contribution in [2.75, 3.05) is 0 Å². The summed E-state index contributed by atoms with van der Waals surface area (Å²) in [7, 11) is 0. The van der Waals surface area contributed by atoms with Crippen molar-refractivity contribution in [3.05, 3.63) is 234 Å². The minimum atomic E-state index is -2.77. The predicted molar refractivity (Wildman–Crippen MR) is 298 cm³/mol. The fraction of sp³-hybridized carbons (Fsp3) is 0.118. The quantitative estimate of drug-likeness (QED) is 0.123. The maximum atomic E-state index is 8.87. The van der Waals surface area contributed by atoms with Crippen molar-refractivity contribution in [3.8, 4) is 84.3 Å². The molecule has 1 aliphatic heterocycles. The van der Waals surface area contributed by atoms with Crippen LogP contribution in [0.2, 0.25) is 0 Å². The maximum absolute atomic E-state index is 8.87. The first-order chi connectivity index (χ1) is 40.3. The van der Waals surface area contributed by atoms with Crippen molar-refractivity contribution in [2.24, 2.45) is 0 Å². The predicted octanol–water partition coefficient (Wildman–Crippen LogP) is 16.8. The van der Waals surface area contributed by atoms with E-state index in [1.165, 1.54) is 36.4 Å². The molecule has 5 nitrogen and oxygen atoms in total. The SMILES string of the molecule is [2H]C([2H])([2H])c1cccc(C([2H])([2H])[2H])c1-c1cc2c3c(c1)n(-c1[c-]c(Oc4[c-]c5c(cc4)c4ccccc4n5-c4cc(C(C)(C)C)ccn4)ccc1)[c-][n+]3-c1c(cccc1-c1c(C([2H])([2H])[2H])cccc1C([2H])([2H])[2H])-c1ccccc1-c1ccccc1-2.[Pt]. The van der Waals surface area contributed by atoms with Crippen LogP contribution >= 0.6 is 0 Å². The molecular formula is C68H52N4OPt-2. The Morgan fingerprint density at radius 2 is 1.12 bits per heavy atom. The van der Waals surface area contributed by atoms with Gasteiger partial charge in [-0.3, -0.25) is 4.57 Å². The normalized spacial score (nSPS) is 15.0. The minimum Gasteiger partial charge on any atom is -0.510 e. The van der Waals surface area contributed by atoms with E-state index in [0.717, 1.165) is 49.9 Å². The molecule has 74 heavy (non-hydrogen) atoms. The third-order valence-electron chi connectivity index (χ3n) is 14.0. The zero-order valence-corrected chi connectivity index (χ0v) is 42.7. The molecule has 4 heterocycles. The largest absolute Gasteiger partial charge is 0.510 e. The van der Waals surface area contributed by atoms with Gasteiger partial charge < -0.3 is 13.9 Å². The van der Waals surface area contributed by atoms with Gasteiger partial charge in [0.2, 0.25) is 0 Å². The van der Waals surface area contributed by atoms with E-state index in [-0.39, 0.29) is 76.7 Å². The number of aromatic nitrogens is 4. The van der Waals surface area contributed by atoms with Crippen LogP contribution in [-0.2, 0) is 26.5 Å². The molecule has 6 heteroatoms. The first-order valence-corrected chi connectivity index (χ1v) is 24.1. The number of hydrogen-bond donors (Lipinski definition) is 0. The molecular weight excluding hydrogens is 1080 g/mol. The molecule has 0 fully saturated rings. The van der Waals surface area contributed by atoms with Gasteiger partial charge in [-0.2, -0.15) is 18.2 Å². The smallest absolute Gasteiger partial charge is 0.268 e. The summed E-state index contributed by atoms with van der Waals surface area (Å²) in [5.74, 6) is 1.39. The van der Waals surface area contributed by atoms with Crippen molar-refractivity contribution in [1.82, 2.24) is 14.1 Å². The van der Waals surface area contributed by atoms with E-state index >= 15 is 0 Å². The number of aryl methyl sites for hydroxylation is 4. The summed E-state index contributed by atoms with van der Waals surface area (Å²) in [4.78, 5) is 4.85. The molecule has 0 amide bonds. The van der Waals surface area contributed by atoms with E-state index < -0.39 is 27.4 Å². The summed E-state index contributed by atoms with van der Waals surface area (Å²) in [6, 6.07) is 61.6. The molecule has 0 atom stereocenters. The van der Waals surface area contributed by atoms with Crippen LogP contribution in [0, 0.1) is 45.9 Å². The molecule has 1 aliphatic rings. The Kier molecular flexibility index (Phi) is 8.60. The molecule has 0 unspecified atom stereocenters. The van der Waals surface area contributed by atoms with Crippen molar-refractivity contribution in [1.29, 1.82) is 0 Å². The molecule has 13 rings (SSSR count). The molecule has 0 aliphatic carbocycles. The van der Waals surface area contributed by atoms with Gasteiger partial charge >= 0.3 is 0 Å². The van der Waals surface area contributed by atoms with E-state index in [0.29, 0.717) is 44.8 Å². The first-order valence-electron chi connectivity index (χ1n) is 30.1. The molecule has 12 aromatic rings. The average molecular weight is 1150 g/mol. The Balaban J connectivity index is 0.00000724. The van der Waals surface area contributed by atoms with Gasteiger partial charge in [0.05, 0.1) is 16.7 Å². The zero-order chi connectivity index (χ0) is 59.7.